The lowest BCUT2D eigenvalue weighted by Gasteiger charge is -2.29. The summed E-state index contributed by atoms with van der Waals surface area (Å²) in [5.74, 6) is 0. The van der Waals surface area contributed by atoms with Crippen LogP contribution in [0.4, 0.5) is 28.4 Å². The molecule has 0 saturated carbocycles. The summed E-state index contributed by atoms with van der Waals surface area (Å²) in [6.45, 7) is 11.2. The van der Waals surface area contributed by atoms with Crippen molar-refractivity contribution in [1.29, 1.82) is 0 Å². The van der Waals surface area contributed by atoms with Crippen molar-refractivity contribution in [3.8, 4) is 33.4 Å². The molecule has 2 nitrogen and oxygen atoms in total. The van der Waals surface area contributed by atoms with E-state index in [1.165, 1.54) is 38.9 Å². The van der Waals surface area contributed by atoms with Gasteiger partial charge in [-0.3, -0.25) is 0 Å². The van der Waals surface area contributed by atoms with Gasteiger partial charge in [-0.1, -0.05) is 166 Å². The molecular formula is C55H48N2. The van der Waals surface area contributed by atoms with Crippen molar-refractivity contribution >= 4 is 34.1 Å². The molecule has 0 spiro atoms. The number of para-hydroxylation sites is 2. The zero-order valence-electron chi connectivity index (χ0n) is 33.1. The van der Waals surface area contributed by atoms with E-state index in [9.17, 15) is 0 Å². The molecule has 8 aromatic carbocycles. The molecule has 2 heteroatoms. The predicted octanol–water partition coefficient (Wildman–Crippen LogP) is 15.5. The molecule has 0 saturated heterocycles. The van der Waals surface area contributed by atoms with Gasteiger partial charge in [-0.15, -0.1) is 0 Å². The highest BCUT2D eigenvalue weighted by Crippen LogP contribution is 2.41. The Labute approximate surface area is 338 Å². The van der Waals surface area contributed by atoms with E-state index in [-0.39, 0.29) is 0 Å². The fourth-order valence-corrected chi connectivity index (χ4v) is 7.85. The third kappa shape index (κ3) is 7.94. The number of hydrogen-bond donors (Lipinski definition) is 0. The molecule has 0 aliphatic heterocycles. The Balaban J connectivity index is 1.17. The number of anilines is 5. The average Bonchev–Trinajstić information content (AvgIpc) is 3.26. The first-order chi connectivity index (χ1) is 28.0. The molecule has 0 unspecified atom stereocenters. The van der Waals surface area contributed by atoms with Gasteiger partial charge in [0.05, 0.1) is 0 Å². The second-order valence-electron chi connectivity index (χ2n) is 14.7. The van der Waals surface area contributed by atoms with Crippen molar-refractivity contribution in [2.24, 2.45) is 0 Å². The maximum atomic E-state index is 4.62. The largest absolute Gasteiger partial charge is 0.310 e. The Hall–Kier alpha value is -6.90. The summed E-state index contributed by atoms with van der Waals surface area (Å²) in [6, 6.07) is 72.0. The second kappa shape index (κ2) is 16.9. The summed E-state index contributed by atoms with van der Waals surface area (Å²) in [5.41, 5.74) is 18.7. The van der Waals surface area contributed by atoms with Gasteiger partial charge in [0.25, 0.3) is 0 Å². The van der Waals surface area contributed by atoms with E-state index in [1.54, 1.807) is 0 Å². The minimum absolute atomic E-state index is 0.929. The van der Waals surface area contributed by atoms with E-state index in [0.717, 1.165) is 63.7 Å². The number of aryl methyl sites for hydroxylation is 3. The highest BCUT2D eigenvalue weighted by Gasteiger charge is 2.19. The van der Waals surface area contributed by atoms with E-state index >= 15 is 0 Å². The molecule has 0 radical (unpaired) electrons. The molecule has 8 aromatic rings. The fourth-order valence-electron chi connectivity index (χ4n) is 7.85. The number of hydrogen-bond acceptors (Lipinski definition) is 2. The highest BCUT2D eigenvalue weighted by molar-refractivity contribution is 5.89. The number of benzene rings is 8. The zero-order chi connectivity index (χ0) is 39.1. The van der Waals surface area contributed by atoms with Crippen LogP contribution in [0.5, 0.6) is 0 Å². The van der Waals surface area contributed by atoms with Gasteiger partial charge in [-0.25, -0.2) is 0 Å². The molecule has 0 N–H and O–H groups in total. The summed E-state index contributed by atoms with van der Waals surface area (Å²) in [4.78, 5) is 4.65. The lowest BCUT2D eigenvalue weighted by atomic mass is 9.93. The minimum Gasteiger partial charge on any atom is -0.310 e. The summed E-state index contributed by atoms with van der Waals surface area (Å²) in [6.07, 6.45) is 2.07. The van der Waals surface area contributed by atoms with Crippen molar-refractivity contribution < 1.29 is 0 Å². The smallest absolute Gasteiger partial charge is 0.0490 e. The summed E-state index contributed by atoms with van der Waals surface area (Å²) in [7, 11) is 0. The monoisotopic (exact) mass is 736 g/mol. The lowest BCUT2D eigenvalue weighted by Crippen LogP contribution is -2.15. The maximum Gasteiger partial charge on any atom is 0.0490 e. The van der Waals surface area contributed by atoms with E-state index < -0.39 is 0 Å². The van der Waals surface area contributed by atoms with Crippen LogP contribution in [-0.4, -0.2) is 0 Å². The summed E-state index contributed by atoms with van der Waals surface area (Å²) < 4.78 is 0. The Morgan fingerprint density at radius 1 is 0.439 bits per heavy atom. The van der Waals surface area contributed by atoms with Crippen LogP contribution in [-0.2, 0) is 6.42 Å². The summed E-state index contributed by atoms with van der Waals surface area (Å²) in [5, 5.41) is 0. The van der Waals surface area contributed by atoms with Crippen molar-refractivity contribution in [1.82, 2.24) is 0 Å². The molecule has 0 amide bonds. The van der Waals surface area contributed by atoms with Crippen LogP contribution in [0.1, 0.15) is 35.6 Å². The lowest BCUT2D eigenvalue weighted by molar-refractivity contribution is 0.923. The van der Waals surface area contributed by atoms with Crippen LogP contribution < -0.4 is 9.80 Å². The van der Waals surface area contributed by atoms with Crippen molar-refractivity contribution in [3.05, 3.63) is 229 Å². The van der Waals surface area contributed by atoms with Crippen molar-refractivity contribution in [2.45, 2.75) is 33.6 Å². The summed E-state index contributed by atoms with van der Waals surface area (Å²) >= 11 is 0. The van der Waals surface area contributed by atoms with Gasteiger partial charge in [0.2, 0.25) is 0 Å². The van der Waals surface area contributed by atoms with Gasteiger partial charge in [-0.05, 0) is 131 Å². The van der Waals surface area contributed by atoms with Crippen LogP contribution >= 0.6 is 0 Å². The minimum atomic E-state index is 0.929. The second-order valence-corrected chi connectivity index (χ2v) is 14.7. The van der Waals surface area contributed by atoms with Crippen LogP contribution in [0.3, 0.4) is 0 Å². The molecule has 0 aliphatic rings. The van der Waals surface area contributed by atoms with Gasteiger partial charge < -0.3 is 9.80 Å². The van der Waals surface area contributed by atoms with Gasteiger partial charge in [0, 0.05) is 34.1 Å². The van der Waals surface area contributed by atoms with Gasteiger partial charge >= 0.3 is 0 Å². The van der Waals surface area contributed by atoms with Crippen LogP contribution in [0.15, 0.2) is 207 Å². The van der Waals surface area contributed by atoms with E-state index in [2.05, 4.69) is 237 Å². The molecule has 0 atom stereocenters. The van der Waals surface area contributed by atoms with Gasteiger partial charge in [-0.2, -0.15) is 0 Å². The highest BCUT2D eigenvalue weighted by atomic mass is 15.2. The van der Waals surface area contributed by atoms with E-state index in [4.69, 9.17) is 0 Å². The Morgan fingerprint density at radius 3 is 1.68 bits per heavy atom. The van der Waals surface area contributed by atoms with Crippen molar-refractivity contribution in [3.63, 3.8) is 0 Å². The SMILES string of the molecule is C=C(c1ccc(-c2cccc(N(c3ccc(-c4ccccc4)cc3)c3ccc(-c4ccccc4C)c(CCC)c3)c2)cc1)N(c1ccccc1)c1ccccc1C. The van der Waals surface area contributed by atoms with Crippen molar-refractivity contribution in [2.75, 3.05) is 9.80 Å². The molecule has 0 fully saturated rings. The predicted molar refractivity (Wildman–Crippen MR) is 245 cm³/mol. The van der Waals surface area contributed by atoms with Crippen LogP contribution in [0, 0.1) is 13.8 Å². The molecule has 0 aliphatic carbocycles. The molecular weight excluding hydrogens is 689 g/mol. The zero-order valence-corrected chi connectivity index (χ0v) is 33.1. The van der Waals surface area contributed by atoms with Gasteiger partial charge in [0.15, 0.2) is 0 Å². The van der Waals surface area contributed by atoms with Crippen LogP contribution in [0.2, 0.25) is 0 Å². The molecule has 278 valence electrons. The number of nitrogens with zero attached hydrogens (tertiary/aromatic N) is 2. The quantitative estimate of drug-likeness (QED) is 0.123. The first-order valence-corrected chi connectivity index (χ1v) is 19.9. The Bertz CT molecular complexity index is 2600. The number of rotatable bonds is 12. The fraction of sp³-hybridized carbons (Fsp3) is 0.0909. The normalized spacial score (nSPS) is 10.9. The molecule has 8 rings (SSSR count). The standard InChI is InChI=1S/C55H48N2/c1-5-17-48-39-52(36-37-54(48)53-26-14-12-18-40(53)2)57(50-34-32-45(33-35-50)44-20-8-6-9-21-44)51-25-16-22-47(38-51)46-30-28-43(29-31-46)42(4)56(49-23-10-7-11-24-49)55-27-15-13-19-41(55)3/h6-16,18-39H,4-5,17H2,1-3H3. The molecule has 0 heterocycles. The van der Waals surface area contributed by atoms with E-state index in [0.29, 0.717) is 0 Å². The van der Waals surface area contributed by atoms with Crippen LogP contribution in [0.25, 0.3) is 39.1 Å². The average molecular weight is 737 g/mol. The first kappa shape index (κ1) is 37.0. The first-order valence-electron chi connectivity index (χ1n) is 19.9. The third-order valence-electron chi connectivity index (χ3n) is 10.8. The molecule has 0 bridgehead atoms. The Kier molecular flexibility index (Phi) is 11.0. The third-order valence-corrected chi connectivity index (χ3v) is 10.8. The molecule has 0 aromatic heterocycles. The Morgan fingerprint density at radius 2 is 0.982 bits per heavy atom. The maximum absolute atomic E-state index is 4.62. The van der Waals surface area contributed by atoms with E-state index in [1.807, 2.05) is 0 Å². The van der Waals surface area contributed by atoms with Gasteiger partial charge in [0.1, 0.15) is 0 Å². The topological polar surface area (TPSA) is 6.48 Å². The molecule has 57 heavy (non-hydrogen) atoms.